The van der Waals surface area contributed by atoms with Gasteiger partial charge in [-0.25, -0.2) is 4.68 Å². The van der Waals surface area contributed by atoms with Crippen LogP contribution in [-0.4, -0.2) is 45.4 Å². The summed E-state index contributed by atoms with van der Waals surface area (Å²) in [4.78, 5) is 25.0. The number of amides is 1. The number of aliphatic hydroxyl groups is 1. The molecule has 1 fully saturated rings. The van der Waals surface area contributed by atoms with Crippen molar-refractivity contribution in [2.45, 2.75) is 32.4 Å². The third kappa shape index (κ3) is 3.64. The third-order valence-electron chi connectivity index (χ3n) is 3.34. The normalized spacial score (nSPS) is 16.2. The summed E-state index contributed by atoms with van der Waals surface area (Å²) in [6.07, 6.45) is 1.60. The maximum absolute atomic E-state index is 12.0. The Kier molecular flexibility index (Phi) is 3.99. The third-order valence-corrected chi connectivity index (χ3v) is 3.34. The lowest BCUT2D eigenvalue weighted by molar-refractivity contribution is -0.132. The first-order valence-electron chi connectivity index (χ1n) is 6.44. The first-order chi connectivity index (χ1) is 8.97. The van der Waals surface area contributed by atoms with Crippen molar-refractivity contribution >= 4 is 5.91 Å². The van der Waals surface area contributed by atoms with E-state index >= 15 is 0 Å². The molecule has 19 heavy (non-hydrogen) atoms. The van der Waals surface area contributed by atoms with Crippen LogP contribution in [0.5, 0.6) is 0 Å². The van der Waals surface area contributed by atoms with E-state index in [9.17, 15) is 14.7 Å². The first kappa shape index (κ1) is 13.7. The lowest BCUT2D eigenvalue weighted by Gasteiger charge is -2.20. The summed E-state index contributed by atoms with van der Waals surface area (Å²) < 4.78 is 1.15. The molecule has 1 saturated carbocycles. The summed E-state index contributed by atoms with van der Waals surface area (Å²) in [6.45, 7) is 1.99. The highest BCUT2D eigenvalue weighted by Crippen LogP contribution is 2.32. The van der Waals surface area contributed by atoms with E-state index in [0.29, 0.717) is 18.2 Å². The summed E-state index contributed by atoms with van der Waals surface area (Å²) >= 11 is 0. The second-order valence-electron chi connectivity index (χ2n) is 5.15. The van der Waals surface area contributed by atoms with Gasteiger partial charge in [-0.1, -0.05) is 0 Å². The van der Waals surface area contributed by atoms with Gasteiger partial charge in [0.1, 0.15) is 6.54 Å². The van der Waals surface area contributed by atoms with E-state index in [1.54, 1.807) is 20.0 Å². The van der Waals surface area contributed by atoms with Crippen molar-refractivity contribution in [1.82, 2.24) is 14.7 Å². The van der Waals surface area contributed by atoms with E-state index in [1.807, 2.05) is 0 Å². The van der Waals surface area contributed by atoms with Gasteiger partial charge >= 0.3 is 0 Å². The maximum atomic E-state index is 12.0. The van der Waals surface area contributed by atoms with Crippen molar-refractivity contribution in [3.63, 3.8) is 0 Å². The number of hydrogen-bond donors (Lipinski definition) is 1. The van der Waals surface area contributed by atoms with Crippen molar-refractivity contribution in [2.75, 3.05) is 13.6 Å². The predicted octanol–water partition coefficient (Wildman–Crippen LogP) is -0.219. The van der Waals surface area contributed by atoms with Crippen LogP contribution in [0.15, 0.2) is 16.9 Å². The Bertz CT molecular complexity index is 522. The van der Waals surface area contributed by atoms with Gasteiger partial charge in [-0.05, 0) is 31.7 Å². The highest BCUT2D eigenvalue weighted by Gasteiger charge is 2.31. The van der Waals surface area contributed by atoms with Gasteiger partial charge in [0.2, 0.25) is 5.91 Å². The molecule has 0 aliphatic heterocycles. The van der Waals surface area contributed by atoms with Crippen LogP contribution in [0.3, 0.4) is 0 Å². The van der Waals surface area contributed by atoms with Gasteiger partial charge in [0.15, 0.2) is 0 Å². The summed E-state index contributed by atoms with van der Waals surface area (Å²) in [5, 5.41) is 13.8. The van der Waals surface area contributed by atoms with Crippen LogP contribution in [0, 0.1) is 12.8 Å². The Labute approximate surface area is 111 Å². The molecule has 1 aliphatic carbocycles. The van der Waals surface area contributed by atoms with Crippen LogP contribution in [0.4, 0.5) is 0 Å². The molecular weight excluding hydrogens is 246 g/mol. The molecule has 0 spiro atoms. The molecule has 0 radical (unpaired) electrons. The zero-order valence-corrected chi connectivity index (χ0v) is 11.2. The van der Waals surface area contributed by atoms with Crippen LogP contribution in [-0.2, 0) is 11.3 Å². The summed E-state index contributed by atoms with van der Waals surface area (Å²) in [5.74, 6) is 0.106. The molecule has 0 aromatic carbocycles. The highest BCUT2D eigenvalue weighted by atomic mass is 16.3. The van der Waals surface area contributed by atoms with E-state index in [1.165, 1.54) is 11.0 Å². The van der Waals surface area contributed by atoms with Gasteiger partial charge in [-0.2, -0.15) is 5.10 Å². The van der Waals surface area contributed by atoms with Crippen molar-refractivity contribution in [2.24, 2.45) is 5.92 Å². The molecular formula is C13H19N3O3. The molecule has 1 aromatic rings. The Balaban J connectivity index is 1.95. The average Bonchev–Trinajstić information content (AvgIpc) is 3.17. The van der Waals surface area contributed by atoms with Gasteiger partial charge in [0.25, 0.3) is 5.56 Å². The number of carbonyl (C=O) groups excluding carboxylic acids is 1. The molecule has 1 aliphatic rings. The van der Waals surface area contributed by atoms with Gasteiger partial charge in [-0.15, -0.1) is 0 Å². The SMILES string of the molecule is Cc1ccc(=O)n(CC(=O)N(C)CC(O)C2CC2)n1. The number of aliphatic hydroxyl groups excluding tert-OH is 1. The van der Waals surface area contributed by atoms with Crippen LogP contribution >= 0.6 is 0 Å². The van der Waals surface area contributed by atoms with Gasteiger partial charge in [0.05, 0.1) is 11.8 Å². The van der Waals surface area contributed by atoms with E-state index in [0.717, 1.165) is 17.5 Å². The van der Waals surface area contributed by atoms with Crippen molar-refractivity contribution in [3.05, 3.63) is 28.2 Å². The minimum atomic E-state index is -0.462. The number of hydrogen-bond acceptors (Lipinski definition) is 4. The van der Waals surface area contributed by atoms with E-state index in [4.69, 9.17) is 0 Å². The van der Waals surface area contributed by atoms with E-state index < -0.39 is 6.10 Å². The Morgan fingerprint density at radius 1 is 1.58 bits per heavy atom. The van der Waals surface area contributed by atoms with Crippen molar-refractivity contribution in [1.29, 1.82) is 0 Å². The Morgan fingerprint density at radius 2 is 2.26 bits per heavy atom. The van der Waals surface area contributed by atoms with Gasteiger partial charge < -0.3 is 10.0 Å². The van der Waals surface area contributed by atoms with E-state index in [-0.39, 0.29) is 18.0 Å². The fraction of sp³-hybridized carbons (Fsp3) is 0.615. The number of likely N-dealkylation sites (N-methyl/N-ethyl adjacent to an activating group) is 1. The Morgan fingerprint density at radius 3 is 2.89 bits per heavy atom. The molecule has 6 nitrogen and oxygen atoms in total. The molecule has 1 aromatic heterocycles. The van der Waals surface area contributed by atoms with Crippen LogP contribution in [0.25, 0.3) is 0 Å². The molecule has 0 bridgehead atoms. The number of carbonyl (C=O) groups is 1. The molecule has 1 atom stereocenters. The molecule has 1 N–H and O–H groups in total. The number of aryl methyl sites for hydroxylation is 1. The molecule has 1 amide bonds. The second-order valence-corrected chi connectivity index (χ2v) is 5.15. The maximum Gasteiger partial charge on any atom is 0.267 e. The molecule has 104 valence electrons. The van der Waals surface area contributed by atoms with Crippen LogP contribution in [0.1, 0.15) is 18.5 Å². The summed E-state index contributed by atoms with van der Waals surface area (Å²) in [5.41, 5.74) is 0.392. The topological polar surface area (TPSA) is 75.4 Å². The zero-order chi connectivity index (χ0) is 14.0. The number of aromatic nitrogens is 2. The lowest BCUT2D eigenvalue weighted by Crippen LogP contribution is -2.39. The average molecular weight is 265 g/mol. The molecule has 0 saturated heterocycles. The minimum Gasteiger partial charge on any atom is -0.391 e. The fourth-order valence-corrected chi connectivity index (χ4v) is 1.93. The van der Waals surface area contributed by atoms with Crippen molar-refractivity contribution < 1.29 is 9.90 Å². The summed E-state index contributed by atoms with van der Waals surface area (Å²) in [6, 6.07) is 3.01. The quantitative estimate of drug-likeness (QED) is 0.798. The van der Waals surface area contributed by atoms with Crippen molar-refractivity contribution in [3.8, 4) is 0 Å². The molecule has 2 rings (SSSR count). The van der Waals surface area contributed by atoms with Crippen LogP contribution in [0.2, 0.25) is 0 Å². The minimum absolute atomic E-state index is 0.0889. The highest BCUT2D eigenvalue weighted by molar-refractivity contribution is 5.75. The molecule has 1 unspecified atom stereocenters. The molecule has 1 heterocycles. The second kappa shape index (κ2) is 5.52. The predicted molar refractivity (Wildman–Crippen MR) is 69.6 cm³/mol. The lowest BCUT2D eigenvalue weighted by atomic mass is 10.2. The standard InChI is InChI=1S/C13H19N3O3/c1-9-3-6-12(18)16(14-9)8-13(19)15(2)7-11(17)10-4-5-10/h3,6,10-11,17H,4-5,7-8H2,1-2H3. The van der Waals surface area contributed by atoms with Gasteiger partial charge in [0, 0.05) is 19.7 Å². The zero-order valence-electron chi connectivity index (χ0n) is 11.2. The van der Waals surface area contributed by atoms with Gasteiger partial charge in [-0.3, -0.25) is 9.59 Å². The smallest absolute Gasteiger partial charge is 0.267 e. The fourth-order valence-electron chi connectivity index (χ4n) is 1.93. The van der Waals surface area contributed by atoms with E-state index in [2.05, 4.69) is 5.10 Å². The Hall–Kier alpha value is -1.69. The number of nitrogens with zero attached hydrogens (tertiary/aromatic N) is 3. The monoisotopic (exact) mass is 265 g/mol. The summed E-state index contributed by atoms with van der Waals surface area (Å²) in [7, 11) is 1.63. The van der Waals surface area contributed by atoms with Crippen LogP contribution < -0.4 is 5.56 Å². The molecule has 6 heteroatoms. The largest absolute Gasteiger partial charge is 0.391 e. The first-order valence-corrected chi connectivity index (χ1v) is 6.44. The number of rotatable bonds is 5.